The Morgan fingerprint density at radius 1 is 1.07 bits per heavy atom. The Labute approximate surface area is 171 Å². The molecule has 2 rings (SSSR count). The maximum absolute atomic E-state index is 11.3. The summed E-state index contributed by atoms with van der Waals surface area (Å²) in [6.45, 7) is 2.86. The largest absolute Gasteiger partial charge is 0.488 e. The van der Waals surface area contributed by atoms with E-state index in [9.17, 15) is 9.59 Å². The molecule has 1 aromatic heterocycles. The van der Waals surface area contributed by atoms with Crippen LogP contribution in [-0.2, 0) is 23.6 Å². The molecular weight excluding hydrogens is 435 g/mol. The minimum absolute atomic E-state index is 0.143. The van der Waals surface area contributed by atoms with Crippen LogP contribution < -0.4 is 21.4 Å². The van der Waals surface area contributed by atoms with E-state index in [1.54, 1.807) is 45.3 Å². The van der Waals surface area contributed by atoms with E-state index in [1.807, 2.05) is 0 Å². The number of rotatable bonds is 7. The number of nitrogens with zero attached hydrogens (tertiary/aromatic N) is 2. The van der Waals surface area contributed by atoms with Gasteiger partial charge in [-0.05, 0) is 40.4 Å². The molecule has 0 aliphatic carbocycles. The van der Waals surface area contributed by atoms with Crippen LogP contribution in [0.5, 0.6) is 5.75 Å². The van der Waals surface area contributed by atoms with Crippen molar-refractivity contribution in [3.8, 4) is 5.75 Å². The highest BCUT2D eigenvalue weighted by Gasteiger charge is 2.10. The molecule has 0 aliphatic rings. The highest BCUT2D eigenvalue weighted by molar-refractivity contribution is 9.10. The molecule has 0 bridgehead atoms. The minimum Gasteiger partial charge on any atom is -0.468 e. The van der Waals surface area contributed by atoms with Gasteiger partial charge in [-0.15, -0.1) is 0 Å². The number of halogens is 1. The summed E-state index contributed by atoms with van der Waals surface area (Å²) in [6.07, 6.45) is 0. The van der Waals surface area contributed by atoms with Crippen LogP contribution in [0.1, 0.15) is 5.69 Å². The molecule has 11 heteroatoms. The Bertz CT molecular complexity index is 828. The number of hydrogen-bond acceptors (Lipinski definition) is 7. The van der Waals surface area contributed by atoms with E-state index in [4.69, 9.17) is 24.3 Å². The van der Waals surface area contributed by atoms with Crippen molar-refractivity contribution >= 4 is 28.5 Å². The van der Waals surface area contributed by atoms with Gasteiger partial charge in [0.2, 0.25) is 0 Å². The lowest BCUT2D eigenvalue weighted by atomic mass is 9.80. The van der Waals surface area contributed by atoms with Gasteiger partial charge in [0.15, 0.2) is 6.79 Å². The Hall–Kier alpha value is -1.92. The lowest BCUT2D eigenvalue weighted by Crippen LogP contribution is -2.38. The van der Waals surface area contributed by atoms with E-state index in [0.717, 1.165) is 4.57 Å². The molecule has 0 saturated carbocycles. The van der Waals surface area contributed by atoms with Gasteiger partial charge in [0, 0.05) is 26.9 Å². The van der Waals surface area contributed by atoms with Gasteiger partial charge in [0.25, 0.3) is 5.56 Å². The highest BCUT2D eigenvalue weighted by Crippen LogP contribution is 2.07. The smallest absolute Gasteiger partial charge is 0.468 e. The lowest BCUT2D eigenvalue weighted by molar-refractivity contribution is -0.00846. The van der Waals surface area contributed by atoms with E-state index in [1.165, 1.54) is 11.6 Å². The normalized spacial score (nSPS) is 10.2. The predicted molar refractivity (Wildman–Crippen MR) is 109 cm³/mol. The Morgan fingerprint density at radius 2 is 1.68 bits per heavy atom. The van der Waals surface area contributed by atoms with Crippen LogP contribution >= 0.6 is 15.9 Å². The Morgan fingerprint density at radius 3 is 2.21 bits per heavy atom. The first-order chi connectivity index (χ1) is 13.2. The Kier molecular flexibility index (Phi) is 10.2. The van der Waals surface area contributed by atoms with Crippen LogP contribution in [0.3, 0.4) is 0 Å². The fourth-order valence-corrected chi connectivity index (χ4v) is 2.48. The molecule has 0 amide bonds. The predicted octanol–water partition coefficient (Wildman–Crippen LogP) is -0.479. The molecule has 0 radical (unpaired) electrons. The molecule has 1 aromatic carbocycles. The summed E-state index contributed by atoms with van der Waals surface area (Å²) in [4.78, 5) is 22.5. The van der Waals surface area contributed by atoms with Gasteiger partial charge in [-0.1, -0.05) is 12.1 Å². The quantitative estimate of drug-likeness (QED) is 0.327. The molecule has 0 unspecified atom stereocenters. The monoisotopic (exact) mass is 458 g/mol. The Balaban J connectivity index is 0.000000292. The first-order valence-corrected chi connectivity index (χ1v) is 9.07. The number of benzene rings is 1. The van der Waals surface area contributed by atoms with Crippen molar-refractivity contribution in [2.45, 2.75) is 6.92 Å². The van der Waals surface area contributed by atoms with Gasteiger partial charge in [-0.3, -0.25) is 13.9 Å². The summed E-state index contributed by atoms with van der Waals surface area (Å²) >= 11 is 3.12. The van der Waals surface area contributed by atoms with Gasteiger partial charge in [-0.2, -0.15) is 0 Å². The summed E-state index contributed by atoms with van der Waals surface area (Å²) in [5.41, 5.74) is 0.465. The zero-order chi connectivity index (χ0) is 21.3. The second-order valence-electron chi connectivity index (χ2n) is 5.71. The van der Waals surface area contributed by atoms with E-state index in [2.05, 4.69) is 15.9 Å². The molecule has 2 aromatic rings. The summed E-state index contributed by atoms with van der Waals surface area (Å²) in [5.74, 6) is 0.613. The van der Waals surface area contributed by atoms with Gasteiger partial charge in [0.05, 0.1) is 13.2 Å². The number of ether oxygens (including phenoxy) is 3. The van der Waals surface area contributed by atoms with Crippen molar-refractivity contribution in [3.05, 3.63) is 55.3 Å². The van der Waals surface area contributed by atoms with Crippen molar-refractivity contribution < 1.29 is 24.3 Å². The van der Waals surface area contributed by atoms with Crippen molar-refractivity contribution in [1.29, 1.82) is 0 Å². The van der Waals surface area contributed by atoms with Crippen LogP contribution in [0.25, 0.3) is 0 Å². The van der Waals surface area contributed by atoms with Crippen LogP contribution in [0.4, 0.5) is 0 Å². The molecule has 28 heavy (non-hydrogen) atoms. The van der Waals surface area contributed by atoms with Crippen LogP contribution in [0.15, 0.2) is 38.3 Å². The van der Waals surface area contributed by atoms with Crippen molar-refractivity contribution in [2.75, 3.05) is 27.1 Å². The average molecular weight is 459 g/mol. The number of hydrogen-bond donors (Lipinski definition) is 2. The first-order valence-electron chi connectivity index (χ1n) is 8.28. The van der Waals surface area contributed by atoms with Gasteiger partial charge < -0.3 is 24.3 Å². The maximum Gasteiger partial charge on any atom is 0.488 e. The minimum atomic E-state index is -1.45. The van der Waals surface area contributed by atoms with Crippen molar-refractivity contribution in [2.24, 2.45) is 14.1 Å². The average Bonchev–Trinajstić information content (AvgIpc) is 2.70. The molecule has 0 saturated heterocycles. The molecule has 1 heterocycles. The summed E-state index contributed by atoms with van der Waals surface area (Å²) < 4.78 is 18.1. The van der Waals surface area contributed by atoms with Gasteiger partial charge >= 0.3 is 12.8 Å². The second kappa shape index (κ2) is 11.8. The van der Waals surface area contributed by atoms with E-state index >= 15 is 0 Å². The summed E-state index contributed by atoms with van der Waals surface area (Å²) in [5, 5.41) is 17.7. The number of aromatic nitrogens is 2. The molecular formula is C17H24BBrN2O7. The zero-order valence-corrected chi connectivity index (χ0v) is 17.8. The van der Waals surface area contributed by atoms with Crippen molar-refractivity contribution in [1.82, 2.24) is 9.13 Å². The topological polar surface area (TPSA) is 112 Å². The third-order valence-corrected chi connectivity index (χ3v) is 4.72. The molecule has 2 N–H and O–H groups in total. The first kappa shape index (κ1) is 24.1. The van der Waals surface area contributed by atoms with Crippen LogP contribution in [-0.4, -0.2) is 53.4 Å². The fourth-order valence-electron chi connectivity index (χ4n) is 1.95. The SMILES string of the molecule is COCCOCOc1ccc(B(O)O)cc1.Cc1c(Br)c(=O)n(C)c(=O)n1C. The van der Waals surface area contributed by atoms with Gasteiger partial charge in [-0.25, -0.2) is 4.79 Å². The van der Waals surface area contributed by atoms with E-state index in [0.29, 0.717) is 34.6 Å². The zero-order valence-electron chi connectivity index (χ0n) is 16.2. The van der Waals surface area contributed by atoms with E-state index in [-0.39, 0.29) is 18.0 Å². The molecule has 9 nitrogen and oxygen atoms in total. The highest BCUT2D eigenvalue weighted by atomic mass is 79.9. The lowest BCUT2D eigenvalue weighted by Gasteiger charge is -2.07. The van der Waals surface area contributed by atoms with Crippen LogP contribution in [0, 0.1) is 6.92 Å². The van der Waals surface area contributed by atoms with Gasteiger partial charge in [0.1, 0.15) is 10.2 Å². The molecule has 0 aliphatic heterocycles. The molecule has 0 atom stereocenters. The number of methoxy groups -OCH3 is 1. The molecule has 0 spiro atoms. The van der Waals surface area contributed by atoms with Crippen LogP contribution in [0.2, 0.25) is 0 Å². The maximum atomic E-state index is 11.3. The standard InChI is InChI=1S/C10H15BO5.C7H9BrN2O2/c1-14-6-7-15-8-16-10-4-2-9(3-5-10)11(12)13;1-4-5(8)6(11)10(3)7(12)9(4)2/h2-5,12-13H,6-8H2,1H3;1-3H3. The third-order valence-electron chi connectivity index (χ3n) is 3.81. The van der Waals surface area contributed by atoms with E-state index < -0.39 is 7.12 Å². The summed E-state index contributed by atoms with van der Waals surface area (Å²) in [7, 11) is 3.23. The summed E-state index contributed by atoms with van der Waals surface area (Å²) in [6, 6.07) is 6.45. The third kappa shape index (κ3) is 6.91. The fraction of sp³-hybridized carbons (Fsp3) is 0.412. The van der Waals surface area contributed by atoms with Crippen molar-refractivity contribution in [3.63, 3.8) is 0 Å². The molecule has 154 valence electrons. The second-order valence-corrected chi connectivity index (χ2v) is 6.50. The molecule has 0 fully saturated rings.